The Hall–Kier alpha value is -1.22. The summed E-state index contributed by atoms with van der Waals surface area (Å²) in [5.74, 6) is 1.79. The van der Waals surface area contributed by atoms with Crippen molar-refractivity contribution in [2.24, 2.45) is 11.7 Å². The second kappa shape index (κ2) is 5.65. The van der Waals surface area contributed by atoms with Gasteiger partial charge in [-0.1, -0.05) is 31.9 Å². The van der Waals surface area contributed by atoms with Crippen LogP contribution in [0.4, 0.5) is 5.69 Å². The molecule has 1 aliphatic carbocycles. The maximum Gasteiger partial charge on any atom is 0.142 e. The van der Waals surface area contributed by atoms with Crippen molar-refractivity contribution >= 4 is 5.69 Å². The quantitative estimate of drug-likeness (QED) is 0.900. The number of benzene rings is 1. The average molecular weight is 274 g/mol. The summed E-state index contributed by atoms with van der Waals surface area (Å²) >= 11 is 0. The Labute approximate surface area is 122 Å². The molecule has 1 aromatic carbocycles. The fourth-order valence-electron chi connectivity index (χ4n) is 3.99. The topological polar surface area (TPSA) is 38.5 Å². The Morgan fingerprint density at radius 2 is 2.20 bits per heavy atom. The summed E-state index contributed by atoms with van der Waals surface area (Å²) in [5.41, 5.74) is 7.62. The van der Waals surface area contributed by atoms with Gasteiger partial charge >= 0.3 is 0 Å². The molecule has 1 saturated carbocycles. The van der Waals surface area contributed by atoms with E-state index in [1.54, 1.807) is 0 Å². The van der Waals surface area contributed by atoms with E-state index in [2.05, 4.69) is 36.1 Å². The summed E-state index contributed by atoms with van der Waals surface area (Å²) in [6.45, 7) is 4.97. The van der Waals surface area contributed by atoms with Crippen LogP contribution in [0.1, 0.15) is 39.0 Å². The number of nitrogens with zero attached hydrogens (tertiary/aromatic N) is 1. The lowest BCUT2D eigenvalue weighted by atomic mass is 9.75. The van der Waals surface area contributed by atoms with Gasteiger partial charge in [0, 0.05) is 13.1 Å². The Morgan fingerprint density at radius 1 is 1.35 bits per heavy atom. The van der Waals surface area contributed by atoms with E-state index < -0.39 is 0 Å². The van der Waals surface area contributed by atoms with Crippen LogP contribution in [0.25, 0.3) is 0 Å². The largest absolute Gasteiger partial charge is 0.491 e. The molecule has 0 bridgehead atoms. The monoisotopic (exact) mass is 274 g/mol. The van der Waals surface area contributed by atoms with E-state index in [9.17, 15) is 0 Å². The van der Waals surface area contributed by atoms with Crippen molar-refractivity contribution in [2.45, 2.75) is 44.6 Å². The summed E-state index contributed by atoms with van der Waals surface area (Å²) in [5, 5.41) is 0. The third kappa shape index (κ3) is 2.39. The number of hydrogen-bond donors (Lipinski definition) is 1. The zero-order chi connectivity index (χ0) is 14.0. The predicted molar refractivity (Wildman–Crippen MR) is 83.3 cm³/mol. The van der Waals surface area contributed by atoms with Gasteiger partial charge in [-0.2, -0.15) is 0 Å². The summed E-state index contributed by atoms with van der Waals surface area (Å²) in [4.78, 5) is 2.56. The molecular formula is C17H26N2O. The smallest absolute Gasteiger partial charge is 0.142 e. The molecule has 0 saturated heterocycles. The summed E-state index contributed by atoms with van der Waals surface area (Å²) < 4.78 is 5.90. The summed E-state index contributed by atoms with van der Waals surface area (Å²) in [6, 6.07) is 8.44. The Morgan fingerprint density at radius 3 is 3.00 bits per heavy atom. The van der Waals surface area contributed by atoms with Gasteiger partial charge in [0.1, 0.15) is 5.75 Å². The van der Waals surface area contributed by atoms with Crippen LogP contribution in [0, 0.1) is 5.92 Å². The maximum atomic E-state index is 6.26. The van der Waals surface area contributed by atoms with Crippen LogP contribution in [0.3, 0.4) is 0 Å². The van der Waals surface area contributed by atoms with E-state index in [-0.39, 0.29) is 5.54 Å². The van der Waals surface area contributed by atoms with Gasteiger partial charge in [-0.25, -0.2) is 0 Å². The van der Waals surface area contributed by atoms with Crippen molar-refractivity contribution in [2.75, 3.05) is 24.6 Å². The lowest BCUT2D eigenvalue weighted by Gasteiger charge is -2.48. The number of hydrogen-bond acceptors (Lipinski definition) is 3. The van der Waals surface area contributed by atoms with Crippen molar-refractivity contribution in [3.05, 3.63) is 24.3 Å². The van der Waals surface area contributed by atoms with Crippen molar-refractivity contribution in [3.8, 4) is 5.75 Å². The first-order valence-corrected chi connectivity index (χ1v) is 7.95. The molecule has 20 heavy (non-hydrogen) atoms. The Bertz CT molecular complexity index is 462. The van der Waals surface area contributed by atoms with Crippen LogP contribution in [0.2, 0.25) is 0 Å². The number of fused-ring (bicyclic) bond motifs is 1. The molecule has 2 atom stereocenters. The van der Waals surface area contributed by atoms with Gasteiger partial charge in [0.25, 0.3) is 0 Å². The minimum Gasteiger partial charge on any atom is -0.491 e. The zero-order valence-electron chi connectivity index (χ0n) is 12.5. The molecule has 3 rings (SSSR count). The van der Waals surface area contributed by atoms with Gasteiger partial charge in [0.05, 0.1) is 17.8 Å². The number of rotatable bonds is 2. The molecule has 2 aliphatic rings. The molecule has 2 unspecified atom stereocenters. The average Bonchev–Trinajstić information content (AvgIpc) is 2.70. The highest BCUT2D eigenvalue weighted by Gasteiger charge is 2.40. The first-order chi connectivity index (χ1) is 9.75. The van der Waals surface area contributed by atoms with Crippen LogP contribution < -0.4 is 15.4 Å². The third-order valence-corrected chi connectivity index (χ3v) is 4.96. The second-order valence-corrected chi connectivity index (χ2v) is 6.45. The van der Waals surface area contributed by atoms with Crippen molar-refractivity contribution < 1.29 is 4.74 Å². The summed E-state index contributed by atoms with van der Waals surface area (Å²) in [7, 11) is 0. The first-order valence-electron chi connectivity index (χ1n) is 7.95. The van der Waals surface area contributed by atoms with E-state index >= 15 is 0 Å². The van der Waals surface area contributed by atoms with Crippen LogP contribution in [-0.2, 0) is 0 Å². The van der Waals surface area contributed by atoms with Gasteiger partial charge in [0.2, 0.25) is 0 Å². The summed E-state index contributed by atoms with van der Waals surface area (Å²) in [6.07, 6.45) is 6.12. The number of anilines is 1. The minimum atomic E-state index is 0.126. The highest BCUT2D eigenvalue weighted by molar-refractivity contribution is 5.61. The van der Waals surface area contributed by atoms with E-state index in [1.165, 1.54) is 31.4 Å². The second-order valence-electron chi connectivity index (χ2n) is 6.45. The van der Waals surface area contributed by atoms with E-state index in [0.29, 0.717) is 0 Å². The molecule has 1 heterocycles. The van der Waals surface area contributed by atoms with Crippen molar-refractivity contribution in [3.63, 3.8) is 0 Å². The number of para-hydroxylation sites is 2. The number of nitrogens with two attached hydrogens (primary N) is 1. The molecule has 3 nitrogen and oxygen atoms in total. The van der Waals surface area contributed by atoms with E-state index in [4.69, 9.17) is 10.5 Å². The molecule has 0 aromatic heterocycles. The predicted octanol–water partition coefficient (Wildman–Crippen LogP) is 3.18. The zero-order valence-corrected chi connectivity index (χ0v) is 12.5. The van der Waals surface area contributed by atoms with Gasteiger partial charge in [-0.3, -0.25) is 0 Å². The first kappa shape index (κ1) is 13.7. The Kier molecular flexibility index (Phi) is 3.88. The van der Waals surface area contributed by atoms with Gasteiger partial charge in [0.15, 0.2) is 0 Å². The molecule has 1 fully saturated rings. The molecule has 3 heteroatoms. The number of ether oxygens (including phenoxy) is 1. The highest BCUT2D eigenvalue weighted by atomic mass is 16.5. The third-order valence-electron chi connectivity index (χ3n) is 4.96. The fourth-order valence-corrected chi connectivity index (χ4v) is 3.99. The van der Waals surface area contributed by atoms with Gasteiger partial charge in [-0.05, 0) is 37.3 Å². The molecule has 0 radical (unpaired) electrons. The molecular weight excluding hydrogens is 248 g/mol. The maximum absolute atomic E-state index is 6.26. The van der Waals surface area contributed by atoms with E-state index in [0.717, 1.165) is 37.8 Å². The van der Waals surface area contributed by atoms with Gasteiger partial charge in [-0.15, -0.1) is 0 Å². The molecule has 2 N–H and O–H groups in total. The van der Waals surface area contributed by atoms with Crippen LogP contribution >= 0.6 is 0 Å². The standard InChI is InChI=1S/C17H26N2O/c1-14-6-4-9-17(12-14,13-18)19-10-5-11-20-16-8-3-2-7-15(16)19/h2-3,7-8,14H,4-6,9-13,18H2,1H3. The molecule has 110 valence electrons. The van der Waals surface area contributed by atoms with Crippen molar-refractivity contribution in [1.82, 2.24) is 0 Å². The lowest BCUT2D eigenvalue weighted by molar-refractivity contribution is 0.226. The lowest BCUT2D eigenvalue weighted by Crippen LogP contribution is -2.56. The minimum absolute atomic E-state index is 0.126. The fraction of sp³-hybridized carbons (Fsp3) is 0.647. The van der Waals surface area contributed by atoms with Crippen LogP contribution in [-0.4, -0.2) is 25.2 Å². The molecule has 1 aromatic rings. The van der Waals surface area contributed by atoms with Crippen molar-refractivity contribution in [1.29, 1.82) is 0 Å². The Balaban J connectivity index is 1.98. The van der Waals surface area contributed by atoms with Gasteiger partial charge < -0.3 is 15.4 Å². The molecule has 0 amide bonds. The van der Waals surface area contributed by atoms with Crippen LogP contribution in [0.5, 0.6) is 5.75 Å². The SMILES string of the molecule is CC1CCCC(CN)(N2CCCOc3ccccc32)C1. The molecule has 1 aliphatic heterocycles. The van der Waals surface area contributed by atoms with E-state index in [1.807, 2.05) is 0 Å². The normalized spacial score (nSPS) is 30.3. The van der Waals surface area contributed by atoms with Crippen LogP contribution in [0.15, 0.2) is 24.3 Å². The highest BCUT2D eigenvalue weighted by Crippen LogP contribution is 2.42. The molecule has 0 spiro atoms.